The van der Waals surface area contributed by atoms with E-state index in [1.165, 1.54) is 12.4 Å². The van der Waals surface area contributed by atoms with Crippen LogP contribution in [-0.4, -0.2) is 26.6 Å². The first-order valence-corrected chi connectivity index (χ1v) is 10.5. The number of benzene rings is 1. The summed E-state index contributed by atoms with van der Waals surface area (Å²) in [6.45, 7) is 7.58. The molecule has 0 radical (unpaired) electrons. The van der Waals surface area contributed by atoms with Gasteiger partial charge in [-0.05, 0) is 23.3 Å². The third-order valence-electron chi connectivity index (χ3n) is 5.42. The summed E-state index contributed by atoms with van der Waals surface area (Å²) in [4.78, 5) is 37.3. The molecule has 1 aliphatic rings. The molecule has 2 aromatic heterocycles. The number of Topliss-reactive ketones (excluding diaryl/α,β-unsaturated/α-hetero) is 1. The number of nitrogens with zero attached hydrogens (tertiary/aromatic N) is 3. The van der Waals surface area contributed by atoms with Gasteiger partial charge in [-0.15, -0.1) is 0 Å². The van der Waals surface area contributed by atoms with Gasteiger partial charge in [0.2, 0.25) is 5.91 Å². The predicted octanol–water partition coefficient (Wildman–Crippen LogP) is 4.62. The third kappa shape index (κ3) is 4.36. The van der Waals surface area contributed by atoms with Gasteiger partial charge in [0.05, 0.1) is 23.2 Å². The zero-order valence-electron chi connectivity index (χ0n) is 17.3. The number of nitrogens with one attached hydrogen (secondary N) is 1. The molecule has 1 saturated carbocycles. The number of pyridine rings is 1. The van der Waals surface area contributed by atoms with E-state index in [0.29, 0.717) is 5.69 Å². The molecule has 2 heterocycles. The van der Waals surface area contributed by atoms with Gasteiger partial charge in [-0.2, -0.15) is 0 Å². The van der Waals surface area contributed by atoms with Crippen LogP contribution >= 0.6 is 11.6 Å². The fourth-order valence-electron chi connectivity index (χ4n) is 3.63. The average molecular weight is 445 g/mol. The maximum Gasteiger partial charge on any atom is 0.224 e. The van der Waals surface area contributed by atoms with Crippen LogP contribution < -0.4 is 5.32 Å². The van der Waals surface area contributed by atoms with E-state index in [1.807, 2.05) is 36.4 Å². The highest BCUT2D eigenvalue weighted by Crippen LogP contribution is 2.30. The van der Waals surface area contributed by atoms with Crippen molar-refractivity contribution in [1.29, 1.82) is 0 Å². The SMILES string of the molecule is C=C/C=C(\C=C)c1ccc2ccc(C(NC(=O)C3CC(=O)C3)c3nccnc3Cl)cc2n1. The number of aromatic nitrogens is 3. The smallest absolute Gasteiger partial charge is 0.224 e. The quantitative estimate of drug-likeness (QED) is 0.537. The second-order valence-corrected chi connectivity index (χ2v) is 7.89. The van der Waals surface area contributed by atoms with Crippen molar-refractivity contribution in [2.75, 3.05) is 0 Å². The molecule has 32 heavy (non-hydrogen) atoms. The van der Waals surface area contributed by atoms with E-state index in [2.05, 4.69) is 28.4 Å². The molecule has 1 fully saturated rings. The molecule has 6 nitrogen and oxygen atoms in total. The number of halogens is 1. The Kier molecular flexibility index (Phi) is 6.23. The molecule has 0 aliphatic heterocycles. The van der Waals surface area contributed by atoms with E-state index in [4.69, 9.17) is 16.6 Å². The molecule has 1 aliphatic carbocycles. The van der Waals surface area contributed by atoms with Crippen molar-refractivity contribution in [2.45, 2.75) is 18.9 Å². The number of fused-ring (bicyclic) bond motifs is 1. The molecule has 7 heteroatoms. The molecule has 1 atom stereocenters. The Labute approximate surface area is 190 Å². The molecule has 1 N–H and O–H groups in total. The summed E-state index contributed by atoms with van der Waals surface area (Å²) < 4.78 is 0. The zero-order chi connectivity index (χ0) is 22.7. The Bertz CT molecular complexity index is 1260. The molecule has 1 amide bonds. The third-order valence-corrected chi connectivity index (χ3v) is 5.71. The molecule has 0 bridgehead atoms. The van der Waals surface area contributed by atoms with Gasteiger partial charge >= 0.3 is 0 Å². The van der Waals surface area contributed by atoms with Crippen LogP contribution in [0.4, 0.5) is 0 Å². The first-order valence-electron chi connectivity index (χ1n) is 10.1. The largest absolute Gasteiger partial charge is 0.343 e. The van der Waals surface area contributed by atoms with E-state index in [-0.39, 0.29) is 35.6 Å². The minimum Gasteiger partial charge on any atom is -0.343 e. The zero-order valence-corrected chi connectivity index (χ0v) is 18.0. The highest BCUT2D eigenvalue weighted by Gasteiger charge is 2.34. The number of carbonyl (C=O) groups excluding carboxylic acids is 2. The highest BCUT2D eigenvalue weighted by molar-refractivity contribution is 6.30. The summed E-state index contributed by atoms with van der Waals surface area (Å²) in [5, 5.41) is 4.14. The van der Waals surface area contributed by atoms with E-state index < -0.39 is 6.04 Å². The number of hydrogen-bond acceptors (Lipinski definition) is 5. The van der Waals surface area contributed by atoms with Crippen molar-refractivity contribution < 1.29 is 9.59 Å². The number of ketones is 1. The van der Waals surface area contributed by atoms with Crippen molar-refractivity contribution in [1.82, 2.24) is 20.3 Å². The molecule has 1 aromatic carbocycles. The van der Waals surface area contributed by atoms with Crippen molar-refractivity contribution in [2.24, 2.45) is 5.92 Å². The highest BCUT2D eigenvalue weighted by atomic mass is 35.5. The number of allylic oxidation sites excluding steroid dienone is 4. The Morgan fingerprint density at radius 2 is 1.91 bits per heavy atom. The van der Waals surface area contributed by atoms with E-state index in [0.717, 1.165) is 27.7 Å². The van der Waals surface area contributed by atoms with Gasteiger partial charge in [-0.25, -0.2) is 9.97 Å². The lowest BCUT2D eigenvalue weighted by Gasteiger charge is -2.27. The molecule has 0 spiro atoms. The summed E-state index contributed by atoms with van der Waals surface area (Å²) in [6.07, 6.45) is 8.79. The van der Waals surface area contributed by atoms with Crippen molar-refractivity contribution in [3.63, 3.8) is 0 Å². The van der Waals surface area contributed by atoms with Gasteiger partial charge in [0.25, 0.3) is 0 Å². The molecule has 4 rings (SSSR count). The Hall–Kier alpha value is -3.64. The minimum atomic E-state index is -0.628. The van der Waals surface area contributed by atoms with Gasteiger partial charge in [0.1, 0.15) is 11.5 Å². The summed E-state index contributed by atoms with van der Waals surface area (Å²) >= 11 is 6.32. The summed E-state index contributed by atoms with van der Waals surface area (Å²) in [7, 11) is 0. The number of rotatable bonds is 7. The monoisotopic (exact) mass is 444 g/mol. The van der Waals surface area contributed by atoms with Crippen molar-refractivity contribution >= 4 is 39.8 Å². The Morgan fingerprint density at radius 1 is 1.16 bits per heavy atom. The lowest BCUT2D eigenvalue weighted by atomic mass is 9.83. The van der Waals surface area contributed by atoms with Crippen LogP contribution in [0.2, 0.25) is 5.15 Å². The van der Waals surface area contributed by atoms with Crippen LogP contribution in [0.15, 0.2) is 74.1 Å². The first-order chi connectivity index (χ1) is 15.5. The number of hydrogen-bond donors (Lipinski definition) is 1. The van der Waals surface area contributed by atoms with Gasteiger partial charge in [-0.1, -0.05) is 61.2 Å². The summed E-state index contributed by atoms with van der Waals surface area (Å²) in [5.74, 6) is -0.446. The molecule has 0 saturated heterocycles. The fourth-order valence-corrected chi connectivity index (χ4v) is 3.84. The van der Waals surface area contributed by atoms with Crippen molar-refractivity contribution in [3.05, 3.63) is 96.2 Å². The standard InChI is InChI=1S/C25H21ClN4O2/c1-3-5-15(4-2)20-9-8-16-6-7-17(14-21(16)29-20)22(23-24(26)28-11-10-27-23)30-25(32)18-12-19(31)13-18/h3-11,14,18,22H,1-2,12-13H2,(H,30,32)/b15-5+. The van der Waals surface area contributed by atoms with Gasteiger partial charge in [0, 0.05) is 30.6 Å². The maximum atomic E-state index is 12.8. The Morgan fingerprint density at radius 3 is 2.59 bits per heavy atom. The lowest BCUT2D eigenvalue weighted by molar-refractivity contribution is -0.138. The normalized spacial score (nSPS) is 15.2. The Balaban J connectivity index is 1.76. The average Bonchev–Trinajstić information content (AvgIpc) is 2.78. The van der Waals surface area contributed by atoms with Crippen LogP contribution in [0.1, 0.15) is 35.8 Å². The second-order valence-electron chi connectivity index (χ2n) is 7.53. The van der Waals surface area contributed by atoms with E-state index in [1.54, 1.807) is 12.2 Å². The first kappa shape index (κ1) is 21.6. The van der Waals surface area contributed by atoms with Crippen LogP contribution in [0, 0.1) is 5.92 Å². The lowest BCUT2D eigenvalue weighted by Crippen LogP contribution is -2.41. The molecule has 160 valence electrons. The second kappa shape index (κ2) is 9.24. The van der Waals surface area contributed by atoms with E-state index in [9.17, 15) is 9.59 Å². The topological polar surface area (TPSA) is 84.8 Å². The summed E-state index contributed by atoms with van der Waals surface area (Å²) in [6, 6.07) is 9.00. The summed E-state index contributed by atoms with van der Waals surface area (Å²) in [5.41, 5.74) is 3.55. The minimum absolute atomic E-state index is 0.0901. The number of amides is 1. The predicted molar refractivity (Wildman–Crippen MR) is 125 cm³/mol. The molecular formula is C25H21ClN4O2. The van der Waals surface area contributed by atoms with Gasteiger partial charge in [0.15, 0.2) is 5.15 Å². The van der Waals surface area contributed by atoms with Crippen LogP contribution in [-0.2, 0) is 9.59 Å². The fraction of sp³-hybridized carbons (Fsp3) is 0.160. The van der Waals surface area contributed by atoms with Crippen LogP contribution in [0.3, 0.4) is 0 Å². The van der Waals surface area contributed by atoms with Gasteiger partial charge < -0.3 is 5.32 Å². The molecular weight excluding hydrogens is 424 g/mol. The van der Waals surface area contributed by atoms with E-state index >= 15 is 0 Å². The number of carbonyl (C=O) groups is 2. The van der Waals surface area contributed by atoms with Crippen LogP contribution in [0.5, 0.6) is 0 Å². The maximum absolute atomic E-state index is 12.8. The molecule has 3 aromatic rings. The van der Waals surface area contributed by atoms with Crippen molar-refractivity contribution in [3.8, 4) is 0 Å². The molecule has 1 unspecified atom stereocenters. The van der Waals surface area contributed by atoms with Gasteiger partial charge in [-0.3, -0.25) is 14.6 Å². The van der Waals surface area contributed by atoms with Crippen LogP contribution in [0.25, 0.3) is 16.5 Å².